The van der Waals surface area contributed by atoms with Crippen LogP contribution in [0.4, 0.5) is 11.4 Å². The van der Waals surface area contributed by atoms with Crippen LogP contribution in [-0.4, -0.2) is 29.5 Å². The third-order valence-electron chi connectivity index (χ3n) is 3.52. The molecule has 1 aliphatic heterocycles. The zero-order valence-corrected chi connectivity index (χ0v) is 11.4. The fourth-order valence-electron chi connectivity index (χ4n) is 2.61. The molecule has 1 N–H and O–H groups in total. The van der Waals surface area contributed by atoms with Gasteiger partial charge in [0.1, 0.15) is 5.69 Å². The lowest BCUT2D eigenvalue weighted by atomic mass is 10.1. The minimum atomic E-state index is -0.308. The zero-order chi connectivity index (χ0) is 13.7. The molecule has 5 heteroatoms. The van der Waals surface area contributed by atoms with E-state index in [0.717, 1.165) is 25.2 Å². The maximum atomic E-state index is 11.1. The number of hydrogen-bond donors (Lipinski definition) is 1. The van der Waals surface area contributed by atoms with Gasteiger partial charge in [0.2, 0.25) is 0 Å². The first-order valence-electron chi connectivity index (χ1n) is 6.95. The summed E-state index contributed by atoms with van der Waals surface area (Å²) in [5.41, 5.74) is 1.88. The molecule has 1 aliphatic rings. The van der Waals surface area contributed by atoms with Gasteiger partial charge in [-0.2, -0.15) is 0 Å². The summed E-state index contributed by atoms with van der Waals surface area (Å²) in [4.78, 5) is 13.2. The molecule has 2 rings (SSSR count). The summed E-state index contributed by atoms with van der Waals surface area (Å²) in [6.45, 7) is 5.63. The van der Waals surface area contributed by atoms with Gasteiger partial charge >= 0.3 is 0 Å². The number of nitro groups is 1. The van der Waals surface area contributed by atoms with E-state index in [4.69, 9.17) is 0 Å². The Bertz CT molecular complexity index is 442. The number of para-hydroxylation sites is 1. The SMILES string of the molecule is CCNc1c(CN2CCCCC2)cccc1[N+](=O)[O-]. The van der Waals surface area contributed by atoms with Gasteiger partial charge in [-0.1, -0.05) is 18.6 Å². The van der Waals surface area contributed by atoms with Gasteiger partial charge in [-0.3, -0.25) is 15.0 Å². The van der Waals surface area contributed by atoms with Crippen LogP contribution in [0.2, 0.25) is 0 Å². The van der Waals surface area contributed by atoms with Crippen molar-refractivity contribution in [1.82, 2.24) is 4.90 Å². The van der Waals surface area contributed by atoms with Crippen molar-refractivity contribution < 1.29 is 4.92 Å². The standard InChI is InChI=1S/C14H21N3O2/c1-2-15-14-12(7-6-8-13(14)17(18)19)11-16-9-4-3-5-10-16/h6-8,15H,2-5,9-11H2,1H3. The van der Waals surface area contributed by atoms with E-state index in [1.54, 1.807) is 12.1 Å². The Hall–Kier alpha value is -1.62. The molecular weight excluding hydrogens is 242 g/mol. The zero-order valence-electron chi connectivity index (χ0n) is 11.4. The summed E-state index contributed by atoms with van der Waals surface area (Å²) in [6, 6.07) is 5.33. The van der Waals surface area contributed by atoms with Crippen LogP contribution in [0.5, 0.6) is 0 Å². The lowest BCUT2D eigenvalue weighted by molar-refractivity contribution is -0.384. The maximum absolute atomic E-state index is 11.1. The Morgan fingerprint density at radius 2 is 2.05 bits per heavy atom. The summed E-state index contributed by atoms with van der Waals surface area (Å²) >= 11 is 0. The number of likely N-dealkylation sites (tertiary alicyclic amines) is 1. The fraction of sp³-hybridized carbons (Fsp3) is 0.571. The molecule has 0 amide bonds. The molecule has 0 saturated carbocycles. The highest BCUT2D eigenvalue weighted by Gasteiger charge is 2.19. The van der Waals surface area contributed by atoms with Crippen LogP contribution in [0, 0.1) is 10.1 Å². The van der Waals surface area contributed by atoms with Crippen molar-refractivity contribution in [2.24, 2.45) is 0 Å². The normalized spacial score (nSPS) is 16.3. The first-order chi connectivity index (χ1) is 9.22. The molecule has 1 aromatic rings. The Morgan fingerprint density at radius 3 is 2.68 bits per heavy atom. The molecule has 1 aromatic carbocycles. The van der Waals surface area contributed by atoms with E-state index in [-0.39, 0.29) is 10.6 Å². The molecule has 0 unspecified atom stereocenters. The van der Waals surface area contributed by atoms with Crippen molar-refractivity contribution in [3.63, 3.8) is 0 Å². The van der Waals surface area contributed by atoms with Crippen molar-refractivity contribution in [2.75, 3.05) is 25.0 Å². The molecule has 0 atom stereocenters. The van der Waals surface area contributed by atoms with Gasteiger partial charge in [-0.25, -0.2) is 0 Å². The van der Waals surface area contributed by atoms with E-state index in [0.29, 0.717) is 12.2 Å². The number of piperidine rings is 1. The highest BCUT2D eigenvalue weighted by molar-refractivity contribution is 5.66. The second-order valence-electron chi connectivity index (χ2n) is 4.94. The third-order valence-corrected chi connectivity index (χ3v) is 3.52. The summed E-state index contributed by atoms with van der Waals surface area (Å²) < 4.78 is 0. The summed E-state index contributed by atoms with van der Waals surface area (Å²) in [7, 11) is 0. The lowest BCUT2D eigenvalue weighted by Gasteiger charge is -2.27. The molecule has 1 saturated heterocycles. The molecule has 104 valence electrons. The quantitative estimate of drug-likeness (QED) is 0.655. The Morgan fingerprint density at radius 1 is 1.32 bits per heavy atom. The van der Waals surface area contributed by atoms with Crippen LogP contribution >= 0.6 is 0 Å². The molecule has 1 heterocycles. The largest absolute Gasteiger partial charge is 0.380 e. The molecule has 19 heavy (non-hydrogen) atoms. The van der Waals surface area contributed by atoms with Crippen molar-refractivity contribution >= 4 is 11.4 Å². The average Bonchev–Trinajstić information content (AvgIpc) is 2.42. The highest BCUT2D eigenvalue weighted by Crippen LogP contribution is 2.29. The smallest absolute Gasteiger partial charge is 0.292 e. The van der Waals surface area contributed by atoms with Crippen LogP contribution in [0.25, 0.3) is 0 Å². The van der Waals surface area contributed by atoms with Crippen molar-refractivity contribution in [1.29, 1.82) is 0 Å². The lowest BCUT2D eigenvalue weighted by Crippen LogP contribution is -2.29. The Kier molecular flexibility index (Phi) is 4.74. The van der Waals surface area contributed by atoms with Crippen molar-refractivity contribution in [2.45, 2.75) is 32.7 Å². The van der Waals surface area contributed by atoms with Crippen LogP contribution in [-0.2, 0) is 6.54 Å². The van der Waals surface area contributed by atoms with Gasteiger partial charge in [0, 0.05) is 19.2 Å². The van der Waals surface area contributed by atoms with Crippen LogP contribution < -0.4 is 5.32 Å². The van der Waals surface area contributed by atoms with E-state index in [1.165, 1.54) is 19.3 Å². The predicted molar refractivity (Wildman–Crippen MR) is 76.4 cm³/mol. The minimum Gasteiger partial charge on any atom is -0.380 e. The molecule has 1 fully saturated rings. The Labute approximate surface area is 113 Å². The number of nitro benzene ring substituents is 1. The number of hydrogen-bond acceptors (Lipinski definition) is 4. The topological polar surface area (TPSA) is 58.4 Å². The number of benzene rings is 1. The highest BCUT2D eigenvalue weighted by atomic mass is 16.6. The first kappa shape index (κ1) is 13.8. The van der Waals surface area contributed by atoms with E-state index >= 15 is 0 Å². The molecule has 0 spiro atoms. The van der Waals surface area contributed by atoms with Crippen LogP contribution in [0.15, 0.2) is 18.2 Å². The van der Waals surface area contributed by atoms with Gasteiger partial charge in [0.05, 0.1) is 4.92 Å². The maximum Gasteiger partial charge on any atom is 0.292 e. The van der Waals surface area contributed by atoms with E-state index in [1.807, 2.05) is 13.0 Å². The van der Waals surface area contributed by atoms with Gasteiger partial charge in [0.15, 0.2) is 0 Å². The summed E-state index contributed by atoms with van der Waals surface area (Å²) in [5, 5.41) is 14.2. The van der Waals surface area contributed by atoms with E-state index in [9.17, 15) is 10.1 Å². The first-order valence-corrected chi connectivity index (χ1v) is 6.95. The molecule has 0 bridgehead atoms. The predicted octanol–water partition coefficient (Wildman–Crippen LogP) is 3.01. The molecule has 0 aliphatic carbocycles. The summed E-state index contributed by atoms with van der Waals surface area (Å²) in [5.74, 6) is 0. The van der Waals surface area contributed by atoms with Gasteiger partial charge < -0.3 is 5.32 Å². The number of rotatable bonds is 5. The monoisotopic (exact) mass is 263 g/mol. The van der Waals surface area contributed by atoms with Gasteiger partial charge in [0.25, 0.3) is 5.69 Å². The molecule has 0 radical (unpaired) electrons. The van der Waals surface area contributed by atoms with Crippen LogP contribution in [0.1, 0.15) is 31.7 Å². The van der Waals surface area contributed by atoms with Gasteiger partial charge in [-0.05, 0) is 38.4 Å². The van der Waals surface area contributed by atoms with E-state index in [2.05, 4.69) is 10.2 Å². The molecule has 0 aromatic heterocycles. The second-order valence-corrected chi connectivity index (χ2v) is 4.94. The molecule has 5 nitrogen and oxygen atoms in total. The minimum absolute atomic E-state index is 0.177. The second kappa shape index (κ2) is 6.52. The number of nitrogens with one attached hydrogen (secondary N) is 1. The average molecular weight is 263 g/mol. The van der Waals surface area contributed by atoms with Crippen LogP contribution in [0.3, 0.4) is 0 Å². The number of nitrogens with zero attached hydrogens (tertiary/aromatic N) is 2. The fourth-order valence-corrected chi connectivity index (χ4v) is 2.61. The van der Waals surface area contributed by atoms with Gasteiger partial charge in [-0.15, -0.1) is 0 Å². The molecular formula is C14H21N3O2. The third kappa shape index (κ3) is 3.44. The van der Waals surface area contributed by atoms with Crippen molar-refractivity contribution in [3.8, 4) is 0 Å². The summed E-state index contributed by atoms with van der Waals surface area (Å²) in [6.07, 6.45) is 3.75. The Balaban J connectivity index is 2.22. The number of anilines is 1. The van der Waals surface area contributed by atoms with Crippen molar-refractivity contribution in [3.05, 3.63) is 33.9 Å². The van der Waals surface area contributed by atoms with E-state index < -0.39 is 0 Å².